The van der Waals surface area contributed by atoms with Gasteiger partial charge < -0.3 is 10.1 Å². The Morgan fingerprint density at radius 3 is 2.77 bits per heavy atom. The van der Waals surface area contributed by atoms with E-state index in [9.17, 15) is 8.42 Å². The summed E-state index contributed by atoms with van der Waals surface area (Å²) in [5, 5.41) is 12.1. The monoisotopic (exact) mass is 345 g/mol. The number of benzene rings is 1. The maximum absolute atomic E-state index is 12.5. The molecule has 122 valence electrons. The predicted octanol–water partition coefficient (Wildman–Crippen LogP) is 1.41. The molecule has 1 fully saturated rings. The number of halogens is 1. The molecule has 8 heteroatoms. The normalized spacial score (nSPS) is 21.5. The van der Waals surface area contributed by atoms with E-state index in [1.54, 1.807) is 0 Å². The first-order valence-corrected chi connectivity index (χ1v) is 8.30. The second-order valence-electron chi connectivity index (χ2n) is 5.09. The van der Waals surface area contributed by atoms with Crippen LogP contribution in [-0.2, 0) is 10.0 Å². The molecule has 2 atom stereocenters. The van der Waals surface area contributed by atoms with E-state index >= 15 is 0 Å². The fourth-order valence-electron chi connectivity index (χ4n) is 2.43. The summed E-state index contributed by atoms with van der Waals surface area (Å²) in [6.45, 7) is 2.86. The van der Waals surface area contributed by atoms with Crippen molar-refractivity contribution in [2.45, 2.75) is 36.7 Å². The molecular weight excluding hydrogens is 326 g/mol. The summed E-state index contributed by atoms with van der Waals surface area (Å²) in [4.78, 5) is 0.0572. The topological polar surface area (TPSA) is 91.2 Å². The van der Waals surface area contributed by atoms with Gasteiger partial charge in [-0.25, -0.2) is 13.1 Å². The van der Waals surface area contributed by atoms with Crippen LogP contribution >= 0.6 is 12.4 Å². The third-order valence-electron chi connectivity index (χ3n) is 3.65. The number of piperidine rings is 1. The van der Waals surface area contributed by atoms with Crippen molar-refractivity contribution in [3.05, 3.63) is 23.8 Å². The van der Waals surface area contributed by atoms with Crippen molar-refractivity contribution in [1.82, 2.24) is 10.0 Å². The number of sulfonamides is 1. The van der Waals surface area contributed by atoms with Crippen LogP contribution in [0.5, 0.6) is 5.75 Å². The molecule has 22 heavy (non-hydrogen) atoms. The number of hydrogen-bond acceptors (Lipinski definition) is 5. The van der Waals surface area contributed by atoms with E-state index in [0.717, 1.165) is 19.4 Å². The first kappa shape index (κ1) is 18.7. The molecule has 1 heterocycles. The van der Waals surface area contributed by atoms with E-state index < -0.39 is 10.0 Å². The van der Waals surface area contributed by atoms with Crippen LogP contribution in [0.3, 0.4) is 0 Å². The van der Waals surface area contributed by atoms with Crippen molar-refractivity contribution >= 4 is 22.4 Å². The van der Waals surface area contributed by atoms with Crippen molar-refractivity contribution in [3.63, 3.8) is 0 Å². The molecule has 6 nitrogen and oxygen atoms in total. The highest BCUT2D eigenvalue weighted by molar-refractivity contribution is 7.89. The van der Waals surface area contributed by atoms with Gasteiger partial charge in [0.05, 0.1) is 18.7 Å². The highest BCUT2D eigenvalue weighted by atomic mass is 35.5. The summed E-state index contributed by atoms with van der Waals surface area (Å²) in [5.41, 5.74) is 0.360. The Hall–Kier alpha value is -1.33. The molecule has 1 saturated heterocycles. The van der Waals surface area contributed by atoms with E-state index in [1.807, 2.05) is 13.0 Å². The van der Waals surface area contributed by atoms with Gasteiger partial charge in [0.15, 0.2) is 0 Å². The van der Waals surface area contributed by atoms with Crippen molar-refractivity contribution in [2.24, 2.45) is 0 Å². The summed E-state index contributed by atoms with van der Waals surface area (Å²) in [5.74, 6) is 0.179. The Balaban J connectivity index is 0.00000242. The van der Waals surface area contributed by atoms with E-state index in [4.69, 9.17) is 10.00 Å². The smallest absolute Gasteiger partial charge is 0.244 e. The summed E-state index contributed by atoms with van der Waals surface area (Å²) in [6.07, 6.45) is 1.73. The Morgan fingerprint density at radius 2 is 2.18 bits per heavy atom. The van der Waals surface area contributed by atoms with Gasteiger partial charge in [0.25, 0.3) is 0 Å². The molecule has 2 rings (SSSR count). The van der Waals surface area contributed by atoms with Gasteiger partial charge in [0.1, 0.15) is 10.6 Å². The van der Waals surface area contributed by atoms with E-state index in [2.05, 4.69) is 10.0 Å². The zero-order chi connectivity index (χ0) is 15.5. The average molecular weight is 346 g/mol. The third kappa shape index (κ3) is 4.11. The van der Waals surface area contributed by atoms with Crippen LogP contribution in [0.1, 0.15) is 25.3 Å². The molecule has 0 radical (unpaired) electrons. The minimum atomic E-state index is -3.68. The molecule has 1 aliphatic heterocycles. The summed E-state index contributed by atoms with van der Waals surface area (Å²) < 4.78 is 32.9. The lowest BCUT2D eigenvalue weighted by atomic mass is 10.0. The lowest BCUT2D eigenvalue weighted by Gasteiger charge is -2.30. The second-order valence-corrected chi connectivity index (χ2v) is 6.77. The van der Waals surface area contributed by atoms with Crippen LogP contribution in [0.25, 0.3) is 0 Å². The molecule has 0 bridgehead atoms. The van der Waals surface area contributed by atoms with Gasteiger partial charge >= 0.3 is 0 Å². The molecule has 0 spiro atoms. The second kappa shape index (κ2) is 7.79. The Labute approximate surface area is 137 Å². The molecule has 2 N–H and O–H groups in total. The fourth-order valence-corrected chi connectivity index (χ4v) is 3.93. The van der Waals surface area contributed by atoms with Crippen molar-refractivity contribution in [2.75, 3.05) is 13.7 Å². The highest BCUT2D eigenvalue weighted by Crippen LogP contribution is 2.25. The molecule has 2 unspecified atom stereocenters. The molecule has 0 amide bonds. The van der Waals surface area contributed by atoms with Crippen LogP contribution in [0.15, 0.2) is 23.1 Å². The molecular formula is C14H20ClN3O3S. The number of nitriles is 1. The zero-order valence-corrected chi connectivity index (χ0v) is 14.1. The standard InChI is InChI=1S/C14H19N3O3S.ClH/c1-10-12(4-3-7-16-10)17-21(18,19)14-6-5-11(9-15)8-13(14)20-2;/h5-6,8,10,12,16-17H,3-4,7H2,1-2H3;1H. The maximum Gasteiger partial charge on any atom is 0.244 e. The molecule has 1 aliphatic rings. The minimum Gasteiger partial charge on any atom is -0.495 e. The fraction of sp³-hybridized carbons (Fsp3) is 0.500. The molecule has 0 aromatic heterocycles. The van der Waals surface area contributed by atoms with E-state index in [-0.39, 0.29) is 35.1 Å². The van der Waals surface area contributed by atoms with Crippen molar-refractivity contribution in [3.8, 4) is 11.8 Å². The number of rotatable bonds is 4. The van der Waals surface area contributed by atoms with E-state index in [1.165, 1.54) is 25.3 Å². The SMILES string of the molecule is COc1cc(C#N)ccc1S(=O)(=O)NC1CCCNC1C.Cl. The van der Waals surface area contributed by atoms with Crippen LogP contribution in [0, 0.1) is 11.3 Å². The zero-order valence-electron chi connectivity index (χ0n) is 12.5. The predicted molar refractivity (Wildman–Crippen MR) is 85.8 cm³/mol. The van der Waals surface area contributed by atoms with Gasteiger partial charge in [-0.1, -0.05) is 0 Å². The Kier molecular flexibility index (Phi) is 6.63. The summed E-state index contributed by atoms with van der Waals surface area (Å²) in [6, 6.07) is 6.20. The van der Waals surface area contributed by atoms with Gasteiger partial charge in [-0.2, -0.15) is 5.26 Å². The molecule has 0 aliphatic carbocycles. The quantitative estimate of drug-likeness (QED) is 0.860. The number of nitrogens with one attached hydrogen (secondary N) is 2. The lowest BCUT2D eigenvalue weighted by molar-refractivity contribution is 0.347. The largest absolute Gasteiger partial charge is 0.495 e. The van der Waals surface area contributed by atoms with Crippen LogP contribution in [0.4, 0.5) is 0 Å². The van der Waals surface area contributed by atoms with Crippen LogP contribution < -0.4 is 14.8 Å². The third-order valence-corrected chi connectivity index (χ3v) is 5.18. The number of ether oxygens (including phenoxy) is 1. The number of hydrogen-bond donors (Lipinski definition) is 2. The van der Waals surface area contributed by atoms with Gasteiger partial charge in [0, 0.05) is 12.1 Å². The summed E-state index contributed by atoms with van der Waals surface area (Å²) in [7, 11) is -2.30. The molecule has 1 aromatic rings. The first-order chi connectivity index (χ1) is 9.97. The molecule has 0 saturated carbocycles. The van der Waals surface area contributed by atoms with E-state index in [0.29, 0.717) is 5.56 Å². The van der Waals surface area contributed by atoms with Crippen LogP contribution in [-0.4, -0.2) is 34.2 Å². The van der Waals surface area contributed by atoms with Gasteiger partial charge in [0.2, 0.25) is 10.0 Å². The van der Waals surface area contributed by atoms with Gasteiger partial charge in [-0.15, -0.1) is 12.4 Å². The Bertz CT molecular complexity index is 658. The van der Waals surface area contributed by atoms with Crippen molar-refractivity contribution < 1.29 is 13.2 Å². The van der Waals surface area contributed by atoms with Crippen molar-refractivity contribution in [1.29, 1.82) is 5.26 Å². The lowest BCUT2D eigenvalue weighted by Crippen LogP contribution is -2.51. The summed E-state index contributed by atoms with van der Waals surface area (Å²) >= 11 is 0. The number of methoxy groups -OCH3 is 1. The van der Waals surface area contributed by atoms with Gasteiger partial charge in [-0.3, -0.25) is 0 Å². The minimum absolute atomic E-state index is 0. The maximum atomic E-state index is 12.5. The average Bonchev–Trinajstić information content (AvgIpc) is 2.48. The Morgan fingerprint density at radius 1 is 1.45 bits per heavy atom. The van der Waals surface area contributed by atoms with Crippen LogP contribution in [0.2, 0.25) is 0 Å². The number of nitrogens with zero attached hydrogens (tertiary/aromatic N) is 1. The first-order valence-electron chi connectivity index (χ1n) is 6.82. The highest BCUT2D eigenvalue weighted by Gasteiger charge is 2.28. The van der Waals surface area contributed by atoms with Gasteiger partial charge in [-0.05, 0) is 44.5 Å². The molecule has 1 aromatic carbocycles.